The summed E-state index contributed by atoms with van der Waals surface area (Å²) in [6.07, 6.45) is 5.11. The first-order valence-corrected chi connectivity index (χ1v) is 10.8. The van der Waals surface area contributed by atoms with E-state index < -0.39 is 0 Å². The lowest BCUT2D eigenvalue weighted by atomic mass is 9.71. The Morgan fingerprint density at radius 1 is 1.07 bits per heavy atom. The van der Waals surface area contributed by atoms with E-state index in [0.717, 1.165) is 32.3 Å². The lowest BCUT2D eigenvalue weighted by molar-refractivity contribution is 0.0336. The highest BCUT2D eigenvalue weighted by atomic mass is 16.5. The standard InChI is InChI=1S/C23H36N2O2/c1-26-18-22-17-25(16-21-7-13-27-14-8-21)19-23(22)9-11-24(12-10-23)15-20-5-3-2-4-6-20/h2-6,21-22H,7-19H2,1H3/t22-/m0/s1. The molecule has 3 aliphatic rings. The molecular weight excluding hydrogens is 336 g/mol. The molecule has 27 heavy (non-hydrogen) atoms. The number of rotatable bonds is 6. The summed E-state index contributed by atoms with van der Waals surface area (Å²) in [5, 5.41) is 0. The van der Waals surface area contributed by atoms with Gasteiger partial charge in [0.1, 0.15) is 0 Å². The van der Waals surface area contributed by atoms with Crippen molar-refractivity contribution in [2.75, 3.05) is 59.7 Å². The molecule has 1 aromatic carbocycles. The smallest absolute Gasteiger partial charge is 0.0508 e. The second kappa shape index (κ2) is 9.04. The number of benzene rings is 1. The van der Waals surface area contributed by atoms with Gasteiger partial charge in [-0.2, -0.15) is 0 Å². The molecule has 0 unspecified atom stereocenters. The monoisotopic (exact) mass is 372 g/mol. The number of nitrogens with zero attached hydrogens (tertiary/aromatic N) is 2. The Morgan fingerprint density at radius 2 is 1.81 bits per heavy atom. The van der Waals surface area contributed by atoms with Crippen LogP contribution in [0.1, 0.15) is 31.2 Å². The number of ether oxygens (including phenoxy) is 2. The summed E-state index contributed by atoms with van der Waals surface area (Å²) in [5.41, 5.74) is 1.91. The van der Waals surface area contributed by atoms with E-state index in [1.807, 2.05) is 7.11 Å². The van der Waals surface area contributed by atoms with Crippen LogP contribution in [0.4, 0.5) is 0 Å². The van der Waals surface area contributed by atoms with Gasteiger partial charge in [0, 0.05) is 52.4 Å². The zero-order valence-electron chi connectivity index (χ0n) is 16.9. The van der Waals surface area contributed by atoms with Gasteiger partial charge in [0.2, 0.25) is 0 Å². The first kappa shape index (κ1) is 19.4. The maximum Gasteiger partial charge on any atom is 0.0508 e. The molecule has 4 rings (SSSR count). The van der Waals surface area contributed by atoms with Crippen molar-refractivity contribution in [1.29, 1.82) is 0 Å². The molecule has 0 saturated carbocycles. The van der Waals surface area contributed by atoms with E-state index in [9.17, 15) is 0 Å². The van der Waals surface area contributed by atoms with Crippen molar-refractivity contribution >= 4 is 0 Å². The Bertz CT molecular complexity index is 565. The summed E-state index contributed by atoms with van der Waals surface area (Å²) >= 11 is 0. The highest BCUT2D eigenvalue weighted by Crippen LogP contribution is 2.45. The van der Waals surface area contributed by atoms with Gasteiger partial charge in [0.15, 0.2) is 0 Å². The largest absolute Gasteiger partial charge is 0.384 e. The molecule has 1 atom stereocenters. The van der Waals surface area contributed by atoms with Crippen LogP contribution in [0.2, 0.25) is 0 Å². The Balaban J connectivity index is 1.34. The fraction of sp³-hybridized carbons (Fsp3) is 0.739. The van der Waals surface area contributed by atoms with E-state index in [4.69, 9.17) is 9.47 Å². The summed E-state index contributed by atoms with van der Waals surface area (Å²) in [6.45, 7) is 10.1. The number of likely N-dealkylation sites (tertiary alicyclic amines) is 2. The Hall–Kier alpha value is -0.940. The minimum atomic E-state index is 0.467. The molecule has 0 amide bonds. The highest BCUT2D eigenvalue weighted by Gasteiger charge is 2.47. The first-order chi connectivity index (χ1) is 13.3. The predicted octanol–water partition coefficient (Wildman–Crippen LogP) is 3.27. The van der Waals surface area contributed by atoms with Crippen LogP contribution in [0.5, 0.6) is 0 Å². The number of piperidine rings is 1. The quantitative estimate of drug-likeness (QED) is 0.765. The van der Waals surface area contributed by atoms with Crippen LogP contribution < -0.4 is 0 Å². The van der Waals surface area contributed by atoms with Gasteiger partial charge in [-0.1, -0.05) is 30.3 Å². The van der Waals surface area contributed by atoms with Crippen LogP contribution in [0.3, 0.4) is 0 Å². The number of hydrogen-bond donors (Lipinski definition) is 0. The molecule has 0 N–H and O–H groups in total. The van der Waals surface area contributed by atoms with E-state index in [1.165, 1.54) is 64.0 Å². The SMILES string of the molecule is COC[C@@H]1CN(CC2CCOCC2)CC12CCN(Cc1ccccc1)CC2. The first-order valence-electron chi connectivity index (χ1n) is 10.8. The Morgan fingerprint density at radius 3 is 2.52 bits per heavy atom. The van der Waals surface area contributed by atoms with Gasteiger partial charge in [-0.3, -0.25) is 4.90 Å². The topological polar surface area (TPSA) is 24.9 Å². The van der Waals surface area contributed by atoms with Crippen molar-refractivity contribution in [1.82, 2.24) is 9.80 Å². The van der Waals surface area contributed by atoms with Crippen LogP contribution >= 0.6 is 0 Å². The average Bonchev–Trinajstić information content (AvgIpc) is 3.02. The fourth-order valence-corrected chi connectivity index (χ4v) is 5.57. The molecule has 0 bridgehead atoms. The molecule has 0 radical (unpaired) electrons. The molecule has 4 heteroatoms. The van der Waals surface area contributed by atoms with Crippen LogP contribution in [0.25, 0.3) is 0 Å². The van der Waals surface area contributed by atoms with Crippen LogP contribution in [0.15, 0.2) is 30.3 Å². The lowest BCUT2D eigenvalue weighted by Crippen LogP contribution is -2.45. The normalized spacial score (nSPS) is 27.4. The molecule has 3 fully saturated rings. The Kier molecular flexibility index (Phi) is 6.49. The minimum absolute atomic E-state index is 0.467. The summed E-state index contributed by atoms with van der Waals surface area (Å²) in [4.78, 5) is 5.40. The highest BCUT2D eigenvalue weighted by molar-refractivity contribution is 5.14. The summed E-state index contributed by atoms with van der Waals surface area (Å²) in [7, 11) is 1.87. The van der Waals surface area contributed by atoms with E-state index in [-0.39, 0.29) is 0 Å². The summed E-state index contributed by atoms with van der Waals surface area (Å²) < 4.78 is 11.2. The molecule has 150 valence electrons. The molecule has 0 aromatic heterocycles. The second-order valence-electron chi connectivity index (χ2n) is 9.03. The summed E-state index contributed by atoms with van der Waals surface area (Å²) in [6, 6.07) is 10.9. The van der Waals surface area contributed by atoms with Gasteiger partial charge < -0.3 is 14.4 Å². The van der Waals surface area contributed by atoms with Gasteiger partial charge in [0.25, 0.3) is 0 Å². The molecule has 3 saturated heterocycles. The fourth-order valence-electron chi connectivity index (χ4n) is 5.57. The van der Waals surface area contributed by atoms with E-state index in [0.29, 0.717) is 11.3 Å². The zero-order chi connectivity index (χ0) is 18.5. The van der Waals surface area contributed by atoms with E-state index in [1.54, 1.807) is 0 Å². The predicted molar refractivity (Wildman–Crippen MR) is 109 cm³/mol. The van der Waals surface area contributed by atoms with Crippen molar-refractivity contribution in [2.24, 2.45) is 17.3 Å². The van der Waals surface area contributed by atoms with Gasteiger partial charge in [-0.25, -0.2) is 0 Å². The third-order valence-corrected chi connectivity index (χ3v) is 7.21. The molecule has 3 aliphatic heterocycles. The van der Waals surface area contributed by atoms with Crippen molar-refractivity contribution in [3.8, 4) is 0 Å². The molecular formula is C23H36N2O2. The van der Waals surface area contributed by atoms with Crippen LogP contribution in [-0.2, 0) is 16.0 Å². The molecule has 0 aliphatic carbocycles. The minimum Gasteiger partial charge on any atom is -0.384 e. The third-order valence-electron chi connectivity index (χ3n) is 7.21. The van der Waals surface area contributed by atoms with E-state index >= 15 is 0 Å². The molecule has 1 aromatic rings. The average molecular weight is 373 g/mol. The molecule has 3 heterocycles. The van der Waals surface area contributed by atoms with Gasteiger partial charge in [-0.15, -0.1) is 0 Å². The lowest BCUT2D eigenvalue weighted by Gasteiger charge is -2.42. The number of methoxy groups -OCH3 is 1. The van der Waals surface area contributed by atoms with Crippen molar-refractivity contribution < 1.29 is 9.47 Å². The van der Waals surface area contributed by atoms with Crippen molar-refractivity contribution in [2.45, 2.75) is 32.2 Å². The summed E-state index contributed by atoms with van der Waals surface area (Å²) in [5.74, 6) is 1.52. The second-order valence-corrected chi connectivity index (χ2v) is 9.03. The zero-order valence-corrected chi connectivity index (χ0v) is 16.9. The Labute approximate surface area is 164 Å². The van der Waals surface area contributed by atoms with Crippen molar-refractivity contribution in [3.05, 3.63) is 35.9 Å². The van der Waals surface area contributed by atoms with Gasteiger partial charge >= 0.3 is 0 Å². The molecule has 4 nitrogen and oxygen atoms in total. The maximum atomic E-state index is 5.65. The van der Waals surface area contributed by atoms with Gasteiger partial charge in [-0.05, 0) is 55.7 Å². The third kappa shape index (κ3) is 4.73. The van der Waals surface area contributed by atoms with Crippen LogP contribution in [0, 0.1) is 17.3 Å². The molecule has 1 spiro atoms. The van der Waals surface area contributed by atoms with Gasteiger partial charge in [0.05, 0.1) is 6.61 Å². The number of hydrogen-bond acceptors (Lipinski definition) is 4. The van der Waals surface area contributed by atoms with E-state index in [2.05, 4.69) is 40.1 Å². The maximum absolute atomic E-state index is 5.65. The van der Waals surface area contributed by atoms with Crippen molar-refractivity contribution in [3.63, 3.8) is 0 Å². The van der Waals surface area contributed by atoms with Crippen LogP contribution in [-0.4, -0.2) is 69.5 Å².